The van der Waals surface area contributed by atoms with Gasteiger partial charge in [-0.15, -0.1) is 0 Å². The van der Waals surface area contributed by atoms with Crippen molar-refractivity contribution in [3.8, 4) is 11.3 Å². The summed E-state index contributed by atoms with van der Waals surface area (Å²) in [4.78, 5) is 12.1. The second-order valence-corrected chi connectivity index (χ2v) is 6.23. The number of aromatic amines is 1. The summed E-state index contributed by atoms with van der Waals surface area (Å²) in [5, 5.41) is 14.2. The molecule has 1 aliphatic rings. The van der Waals surface area contributed by atoms with E-state index in [0.29, 0.717) is 6.04 Å². The van der Waals surface area contributed by atoms with Crippen LogP contribution >= 0.6 is 0 Å². The molecule has 3 aromatic rings. The zero-order chi connectivity index (χ0) is 15.6. The number of anilines is 1. The molecular formula is C18H20N4O. The summed E-state index contributed by atoms with van der Waals surface area (Å²) in [7, 11) is 0. The van der Waals surface area contributed by atoms with Crippen molar-refractivity contribution in [2.75, 3.05) is 5.32 Å². The first-order chi connectivity index (χ1) is 11.3. The molecule has 1 fully saturated rings. The molecule has 4 rings (SSSR count). The van der Waals surface area contributed by atoms with Gasteiger partial charge in [-0.25, -0.2) is 4.98 Å². The highest BCUT2D eigenvalue weighted by Crippen LogP contribution is 2.26. The van der Waals surface area contributed by atoms with Crippen LogP contribution in [0.3, 0.4) is 0 Å². The number of hydrogen-bond acceptors (Lipinski definition) is 4. The van der Waals surface area contributed by atoms with Gasteiger partial charge in [-0.05, 0) is 43.9 Å². The van der Waals surface area contributed by atoms with E-state index in [4.69, 9.17) is 0 Å². The molecule has 23 heavy (non-hydrogen) atoms. The topological polar surface area (TPSA) is 73.8 Å². The average Bonchev–Trinajstić information content (AvgIpc) is 3.01. The number of aliphatic hydroxyl groups is 1. The first-order valence-electron chi connectivity index (χ1n) is 8.12. The Labute approximate surface area is 134 Å². The fourth-order valence-corrected chi connectivity index (χ4v) is 3.21. The standard InChI is InChI=1S/C18H20N4O/c23-15-5-3-14(4-6-15)21-18-9-17-13(11-20-18)8-16(22-17)12-2-1-7-19-10-12/h1-2,7-11,14-15,22-23H,3-6H2,(H,20,21). The Morgan fingerprint density at radius 3 is 2.78 bits per heavy atom. The van der Waals surface area contributed by atoms with Crippen LogP contribution in [0.25, 0.3) is 22.2 Å². The molecule has 0 radical (unpaired) electrons. The van der Waals surface area contributed by atoms with Crippen LogP contribution in [0.5, 0.6) is 0 Å². The van der Waals surface area contributed by atoms with Crippen LogP contribution in [0.2, 0.25) is 0 Å². The highest BCUT2D eigenvalue weighted by atomic mass is 16.3. The van der Waals surface area contributed by atoms with Gasteiger partial charge < -0.3 is 15.4 Å². The molecule has 0 unspecified atom stereocenters. The van der Waals surface area contributed by atoms with Crippen molar-refractivity contribution in [3.63, 3.8) is 0 Å². The lowest BCUT2D eigenvalue weighted by Crippen LogP contribution is -2.28. The zero-order valence-electron chi connectivity index (χ0n) is 12.9. The Bertz CT molecular complexity index is 791. The molecule has 0 bridgehead atoms. The lowest BCUT2D eigenvalue weighted by Gasteiger charge is -2.26. The number of nitrogens with zero attached hydrogens (tertiary/aromatic N) is 2. The summed E-state index contributed by atoms with van der Waals surface area (Å²) in [5.74, 6) is 0.887. The van der Waals surface area contributed by atoms with Crippen LogP contribution in [0.4, 0.5) is 5.82 Å². The zero-order valence-corrected chi connectivity index (χ0v) is 12.9. The molecule has 5 nitrogen and oxygen atoms in total. The molecule has 118 valence electrons. The van der Waals surface area contributed by atoms with Crippen LogP contribution in [0.15, 0.2) is 42.9 Å². The Hall–Kier alpha value is -2.40. The van der Waals surface area contributed by atoms with Crippen LogP contribution in [-0.2, 0) is 0 Å². The van der Waals surface area contributed by atoms with E-state index in [1.165, 1.54) is 0 Å². The third-order valence-electron chi connectivity index (χ3n) is 4.53. The quantitative estimate of drug-likeness (QED) is 0.694. The van der Waals surface area contributed by atoms with Crippen molar-refractivity contribution >= 4 is 16.7 Å². The highest BCUT2D eigenvalue weighted by Gasteiger charge is 2.19. The van der Waals surface area contributed by atoms with E-state index in [9.17, 15) is 5.11 Å². The predicted molar refractivity (Wildman–Crippen MR) is 91.2 cm³/mol. The molecule has 1 saturated carbocycles. The second kappa shape index (κ2) is 6.01. The monoisotopic (exact) mass is 308 g/mol. The van der Waals surface area contributed by atoms with Crippen LogP contribution in [0, 0.1) is 0 Å². The predicted octanol–water partition coefficient (Wildman–Crippen LogP) is 3.34. The number of aromatic nitrogens is 3. The smallest absolute Gasteiger partial charge is 0.128 e. The van der Waals surface area contributed by atoms with E-state index < -0.39 is 0 Å². The molecule has 0 aliphatic heterocycles. The largest absolute Gasteiger partial charge is 0.393 e. The SMILES string of the molecule is OC1CCC(Nc2cc3[nH]c(-c4cccnc4)cc3cn2)CC1. The number of H-pyrrole nitrogens is 1. The molecule has 3 heterocycles. The van der Waals surface area contributed by atoms with E-state index in [1.807, 2.05) is 24.5 Å². The van der Waals surface area contributed by atoms with Gasteiger partial charge in [-0.1, -0.05) is 0 Å². The number of rotatable bonds is 3. The van der Waals surface area contributed by atoms with E-state index in [0.717, 1.165) is 53.7 Å². The van der Waals surface area contributed by atoms with Crippen molar-refractivity contribution in [1.82, 2.24) is 15.0 Å². The molecule has 0 spiro atoms. The van der Waals surface area contributed by atoms with Crippen molar-refractivity contribution in [2.45, 2.75) is 37.8 Å². The fourth-order valence-electron chi connectivity index (χ4n) is 3.21. The summed E-state index contributed by atoms with van der Waals surface area (Å²) in [6.07, 6.45) is 9.11. The van der Waals surface area contributed by atoms with Crippen LogP contribution in [-0.4, -0.2) is 32.2 Å². The maximum absolute atomic E-state index is 9.59. The summed E-state index contributed by atoms with van der Waals surface area (Å²) < 4.78 is 0. The number of hydrogen-bond donors (Lipinski definition) is 3. The molecule has 5 heteroatoms. The van der Waals surface area contributed by atoms with Gasteiger partial charge >= 0.3 is 0 Å². The third kappa shape index (κ3) is 3.05. The third-order valence-corrected chi connectivity index (χ3v) is 4.53. The first-order valence-corrected chi connectivity index (χ1v) is 8.12. The fraction of sp³-hybridized carbons (Fsp3) is 0.333. The molecular weight excluding hydrogens is 288 g/mol. The lowest BCUT2D eigenvalue weighted by atomic mass is 9.93. The van der Waals surface area contributed by atoms with Gasteiger partial charge in [0.25, 0.3) is 0 Å². The Morgan fingerprint density at radius 1 is 1.13 bits per heavy atom. The van der Waals surface area contributed by atoms with Crippen LogP contribution in [0.1, 0.15) is 25.7 Å². The van der Waals surface area contributed by atoms with Crippen LogP contribution < -0.4 is 5.32 Å². The van der Waals surface area contributed by atoms with Crippen molar-refractivity contribution in [3.05, 3.63) is 42.9 Å². The minimum absolute atomic E-state index is 0.131. The highest BCUT2D eigenvalue weighted by molar-refractivity contribution is 5.86. The number of aliphatic hydroxyl groups excluding tert-OH is 1. The molecule has 0 aromatic carbocycles. The van der Waals surface area contributed by atoms with Gasteiger partial charge in [0.2, 0.25) is 0 Å². The maximum Gasteiger partial charge on any atom is 0.128 e. The molecule has 0 amide bonds. The summed E-state index contributed by atoms with van der Waals surface area (Å²) in [5.41, 5.74) is 3.18. The van der Waals surface area contributed by atoms with Crippen molar-refractivity contribution in [2.24, 2.45) is 0 Å². The van der Waals surface area contributed by atoms with E-state index in [-0.39, 0.29) is 6.10 Å². The molecule has 3 aromatic heterocycles. The maximum atomic E-state index is 9.59. The molecule has 0 saturated heterocycles. The van der Waals surface area contributed by atoms with Gasteiger partial charge in [0.05, 0.1) is 11.6 Å². The lowest BCUT2D eigenvalue weighted by molar-refractivity contribution is 0.126. The van der Waals surface area contributed by atoms with Gasteiger partial charge in [0.15, 0.2) is 0 Å². The number of pyridine rings is 2. The minimum atomic E-state index is -0.131. The Morgan fingerprint density at radius 2 is 2.00 bits per heavy atom. The molecule has 3 N–H and O–H groups in total. The number of nitrogens with one attached hydrogen (secondary N) is 2. The summed E-state index contributed by atoms with van der Waals surface area (Å²) in [6.45, 7) is 0. The second-order valence-electron chi connectivity index (χ2n) is 6.23. The van der Waals surface area contributed by atoms with Crippen molar-refractivity contribution in [1.29, 1.82) is 0 Å². The minimum Gasteiger partial charge on any atom is -0.393 e. The molecule has 1 aliphatic carbocycles. The van der Waals surface area contributed by atoms with Gasteiger partial charge in [0.1, 0.15) is 5.82 Å². The molecule has 0 atom stereocenters. The van der Waals surface area contributed by atoms with E-state index in [2.05, 4.69) is 32.4 Å². The average molecular weight is 308 g/mol. The van der Waals surface area contributed by atoms with Crippen molar-refractivity contribution < 1.29 is 5.11 Å². The summed E-state index contributed by atoms with van der Waals surface area (Å²) in [6, 6.07) is 8.53. The Kier molecular flexibility index (Phi) is 3.71. The van der Waals surface area contributed by atoms with Gasteiger partial charge in [0, 0.05) is 47.3 Å². The summed E-state index contributed by atoms with van der Waals surface area (Å²) >= 11 is 0. The van der Waals surface area contributed by atoms with Gasteiger partial charge in [-0.2, -0.15) is 0 Å². The number of fused-ring (bicyclic) bond motifs is 1. The van der Waals surface area contributed by atoms with E-state index in [1.54, 1.807) is 6.20 Å². The normalized spacial score (nSPS) is 21.4. The van der Waals surface area contributed by atoms with Gasteiger partial charge in [-0.3, -0.25) is 4.98 Å². The Balaban J connectivity index is 1.56. The van der Waals surface area contributed by atoms with E-state index >= 15 is 0 Å². The first kappa shape index (κ1) is 14.2.